The minimum absolute atomic E-state index is 0.0477. The number of nitrogens with zero attached hydrogens (tertiary/aromatic N) is 1. The summed E-state index contributed by atoms with van der Waals surface area (Å²) in [6.45, 7) is 5.06. The molecule has 0 aliphatic carbocycles. The fraction of sp³-hybridized carbons (Fsp3) is 0.611. The molecule has 1 aliphatic rings. The zero-order valence-electron chi connectivity index (χ0n) is 14.0. The van der Waals surface area contributed by atoms with Crippen LogP contribution in [0, 0.1) is 0 Å². The molecule has 5 heteroatoms. The highest BCUT2D eigenvalue weighted by Gasteiger charge is 2.22. The molecule has 2 amide bonds. The molecule has 2 rings (SSSR count). The van der Waals surface area contributed by atoms with Crippen molar-refractivity contribution in [1.29, 1.82) is 0 Å². The summed E-state index contributed by atoms with van der Waals surface area (Å²) < 4.78 is 0. The van der Waals surface area contributed by atoms with Crippen LogP contribution in [0.25, 0.3) is 0 Å². The average Bonchev–Trinajstić information content (AvgIpc) is 2.60. The molecule has 0 radical (unpaired) electrons. The SMILES string of the molecule is CCN1CCCCC1CNC(=O)N[C@H](CCO)c1ccccc1. The quantitative estimate of drug-likeness (QED) is 0.722. The second-order valence-corrected chi connectivity index (χ2v) is 6.11. The molecule has 1 fully saturated rings. The monoisotopic (exact) mass is 319 g/mol. The van der Waals surface area contributed by atoms with Crippen molar-refractivity contribution in [3.05, 3.63) is 35.9 Å². The molecule has 23 heavy (non-hydrogen) atoms. The van der Waals surface area contributed by atoms with E-state index in [1.54, 1.807) is 0 Å². The molecular formula is C18H29N3O2. The van der Waals surface area contributed by atoms with Gasteiger partial charge >= 0.3 is 6.03 Å². The van der Waals surface area contributed by atoms with Gasteiger partial charge in [-0.25, -0.2) is 4.79 Å². The smallest absolute Gasteiger partial charge is 0.315 e. The number of nitrogens with one attached hydrogen (secondary N) is 2. The minimum Gasteiger partial charge on any atom is -0.396 e. The van der Waals surface area contributed by atoms with Crippen LogP contribution in [-0.4, -0.2) is 48.3 Å². The maximum absolute atomic E-state index is 12.2. The first kappa shape index (κ1) is 17.8. The third-order valence-electron chi connectivity index (χ3n) is 4.58. The maximum Gasteiger partial charge on any atom is 0.315 e. The molecule has 0 bridgehead atoms. The number of hydrogen-bond acceptors (Lipinski definition) is 3. The largest absolute Gasteiger partial charge is 0.396 e. The van der Waals surface area contributed by atoms with Crippen molar-refractivity contribution in [2.45, 2.75) is 44.7 Å². The highest BCUT2D eigenvalue weighted by molar-refractivity contribution is 5.74. The molecule has 0 saturated carbocycles. The number of hydrogen-bond donors (Lipinski definition) is 3. The molecule has 1 heterocycles. The number of piperidine rings is 1. The predicted octanol–water partition coefficient (Wildman–Crippen LogP) is 2.28. The number of rotatable bonds is 7. The van der Waals surface area contributed by atoms with E-state index in [1.807, 2.05) is 30.3 Å². The summed E-state index contributed by atoms with van der Waals surface area (Å²) in [4.78, 5) is 14.7. The van der Waals surface area contributed by atoms with E-state index in [9.17, 15) is 9.90 Å². The van der Waals surface area contributed by atoms with Gasteiger partial charge in [-0.15, -0.1) is 0 Å². The van der Waals surface area contributed by atoms with E-state index in [1.165, 1.54) is 12.8 Å². The van der Waals surface area contributed by atoms with Crippen LogP contribution in [0.5, 0.6) is 0 Å². The summed E-state index contributed by atoms with van der Waals surface area (Å²) in [5.41, 5.74) is 1.02. The Morgan fingerprint density at radius 1 is 1.35 bits per heavy atom. The van der Waals surface area contributed by atoms with Crippen LogP contribution in [-0.2, 0) is 0 Å². The summed E-state index contributed by atoms with van der Waals surface area (Å²) in [5.74, 6) is 0. The second kappa shape index (κ2) is 9.53. The molecule has 2 atom stereocenters. The molecule has 0 aromatic heterocycles. The van der Waals surface area contributed by atoms with E-state index in [0.29, 0.717) is 19.0 Å². The Balaban J connectivity index is 1.84. The number of aliphatic hydroxyl groups excluding tert-OH is 1. The van der Waals surface area contributed by atoms with Crippen LogP contribution in [0.15, 0.2) is 30.3 Å². The molecule has 5 nitrogen and oxygen atoms in total. The van der Waals surface area contributed by atoms with Crippen molar-refractivity contribution >= 4 is 6.03 Å². The molecule has 1 aromatic carbocycles. The lowest BCUT2D eigenvalue weighted by Crippen LogP contribution is -2.49. The van der Waals surface area contributed by atoms with Crippen molar-refractivity contribution in [1.82, 2.24) is 15.5 Å². The van der Waals surface area contributed by atoms with E-state index in [2.05, 4.69) is 22.5 Å². The third kappa shape index (κ3) is 5.52. The normalized spacial score (nSPS) is 20.0. The van der Waals surface area contributed by atoms with Gasteiger partial charge in [-0.3, -0.25) is 4.90 Å². The lowest BCUT2D eigenvalue weighted by atomic mass is 10.0. The van der Waals surface area contributed by atoms with Gasteiger partial charge in [-0.2, -0.15) is 0 Å². The summed E-state index contributed by atoms with van der Waals surface area (Å²) in [6, 6.07) is 9.90. The standard InChI is InChI=1S/C18H29N3O2/c1-2-21-12-7-6-10-16(21)14-19-18(23)20-17(11-13-22)15-8-4-3-5-9-15/h3-5,8-9,16-17,22H,2,6-7,10-14H2,1H3,(H2,19,20,23)/t16?,17-/m1/s1. The van der Waals surface area contributed by atoms with Crippen LogP contribution in [0.2, 0.25) is 0 Å². The van der Waals surface area contributed by atoms with Gasteiger partial charge in [0.25, 0.3) is 0 Å². The molecule has 1 unspecified atom stereocenters. The van der Waals surface area contributed by atoms with Crippen molar-refractivity contribution in [2.24, 2.45) is 0 Å². The van der Waals surface area contributed by atoms with Crippen LogP contribution >= 0.6 is 0 Å². The molecular weight excluding hydrogens is 290 g/mol. The lowest BCUT2D eigenvalue weighted by molar-refractivity contribution is 0.153. The number of carbonyl (C=O) groups excluding carboxylic acids is 1. The van der Waals surface area contributed by atoms with E-state index >= 15 is 0 Å². The third-order valence-corrected chi connectivity index (χ3v) is 4.58. The van der Waals surface area contributed by atoms with Crippen LogP contribution in [0.1, 0.15) is 44.2 Å². The van der Waals surface area contributed by atoms with Gasteiger partial charge in [0.15, 0.2) is 0 Å². The van der Waals surface area contributed by atoms with Crippen molar-refractivity contribution < 1.29 is 9.90 Å². The number of carbonyl (C=O) groups is 1. The minimum atomic E-state index is -0.158. The Kier molecular flexibility index (Phi) is 7.36. The second-order valence-electron chi connectivity index (χ2n) is 6.11. The van der Waals surface area contributed by atoms with Gasteiger partial charge in [0.05, 0.1) is 6.04 Å². The fourth-order valence-corrected chi connectivity index (χ4v) is 3.26. The number of urea groups is 1. The van der Waals surface area contributed by atoms with Crippen molar-refractivity contribution in [2.75, 3.05) is 26.2 Å². The zero-order chi connectivity index (χ0) is 16.5. The van der Waals surface area contributed by atoms with E-state index in [-0.39, 0.29) is 18.7 Å². The van der Waals surface area contributed by atoms with E-state index in [4.69, 9.17) is 0 Å². The molecule has 0 spiro atoms. The summed E-state index contributed by atoms with van der Waals surface area (Å²) in [5, 5.41) is 15.2. The summed E-state index contributed by atoms with van der Waals surface area (Å²) in [7, 11) is 0. The Labute approximate surface area is 139 Å². The molecule has 1 aliphatic heterocycles. The summed E-state index contributed by atoms with van der Waals surface area (Å²) in [6.07, 6.45) is 4.15. The topological polar surface area (TPSA) is 64.6 Å². The predicted molar refractivity (Wildman–Crippen MR) is 92.3 cm³/mol. The Bertz CT molecular complexity index is 467. The number of benzene rings is 1. The van der Waals surface area contributed by atoms with Gasteiger partial charge in [-0.1, -0.05) is 43.7 Å². The average molecular weight is 319 g/mol. The fourth-order valence-electron chi connectivity index (χ4n) is 3.26. The highest BCUT2D eigenvalue weighted by atomic mass is 16.3. The first-order valence-corrected chi connectivity index (χ1v) is 8.68. The van der Waals surface area contributed by atoms with Gasteiger partial charge in [0, 0.05) is 19.2 Å². The van der Waals surface area contributed by atoms with Gasteiger partial charge in [-0.05, 0) is 37.9 Å². The first-order chi connectivity index (χ1) is 11.2. The molecule has 128 valence electrons. The number of aliphatic hydroxyl groups is 1. The van der Waals surface area contributed by atoms with Gasteiger partial charge < -0.3 is 15.7 Å². The van der Waals surface area contributed by atoms with Crippen LogP contribution in [0.3, 0.4) is 0 Å². The van der Waals surface area contributed by atoms with Gasteiger partial charge in [0.1, 0.15) is 0 Å². The lowest BCUT2D eigenvalue weighted by Gasteiger charge is -2.35. The highest BCUT2D eigenvalue weighted by Crippen LogP contribution is 2.17. The van der Waals surface area contributed by atoms with Crippen molar-refractivity contribution in [3.8, 4) is 0 Å². The van der Waals surface area contributed by atoms with Crippen LogP contribution in [0.4, 0.5) is 4.79 Å². The van der Waals surface area contributed by atoms with E-state index < -0.39 is 0 Å². The zero-order valence-corrected chi connectivity index (χ0v) is 14.0. The Morgan fingerprint density at radius 2 is 2.13 bits per heavy atom. The number of amides is 2. The Hall–Kier alpha value is -1.59. The number of likely N-dealkylation sites (tertiary alicyclic amines) is 1. The summed E-state index contributed by atoms with van der Waals surface area (Å²) >= 11 is 0. The molecule has 3 N–H and O–H groups in total. The van der Waals surface area contributed by atoms with Gasteiger partial charge in [0.2, 0.25) is 0 Å². The first-order valence-electron chi connectivity index (χ1n) is 8.68. The van der Waals surface area contributed by atoms with Crippen molar-refractivity contribution in [3.63, 3.8) is 0 Å². The molecule has 1 saturated heterocycles. The molecule has 1 aromatic rings. The van der Waals surface area contributed by atoms with Crippen LogP contribution < -0.4 is 10.6 Å². The number of likely N-dealkylation sites (N-methyl/N-ethyl adjacent to an activating group) is 1. The Morgan fingerprint density at radius 3 is 2.83 bits per heavy atom. The maximum atomic E-state index is 12.2. The van der Waals surface area contributed by atoms with E-state index in [0.717, 1.165) is 25.1 Å².